The van der Waals surface area contributed by atoms with Gasteiger partial charge in [0.05, 0.1) is 5.69 Å². The van der Waals surface area contributed by atoms with Crippen LogP contribution in [-0.4, -0.2) is 40.2 Å². The summed E-state index contributed by atoms with van der Waals surface area (Å²) in [6.07, 6.45) is 8.18. The van der Waals surface area contributed by atoms with Gasteiger partial charge in [0, 0.05) is 17.8 Å². The number of para-hydroxylation sites is 1. The fraction of sp³-hybridized carbons (Fsp3) is 0.500. The highest BCUT2D eigenvalue weighted by molar-refractivity contribution is 7.09. The number of aromatic nitrogens is 1. The molecule has 2 aromatic rings. The van der Waals surface area contributed by atoms with Crippen LogP contribution in [0.1, 0.15) is 78.5 Å². The average molecular weight is 470 g/mol. The van der Waals surface area contributed by atoms with E-state index in [4.69, 9.17) is 5.73 Å². The van der Waals surface area contributed by atoms with Gasteiger partial charge < -0.3 is 16.4 Å². The number of nitrogens with zero attached hydrogens (tertiary/aromatic N) is 2. The molecule has 1 heterocycles. The maximum atomic E-state index is 13.6. The first-order valence-corrected chi connectivity index (χ1v) is 12.5. The number of nitrogen functional groups attached to an aromatic ring is 1. The summed E-state index contributed by atoms with van der Waals surface area (Å²) < 4.78 is 4.20. The smallest absolute Gasteiger partial charge is 0.273 e. The Bertz CT molecular complexity index is 997. The predicted molar refractivity (Wildman–Crippen MR) is 129 cm³/mol. The van der Waals surface area contributed by atoms with Gasteiger partial charge in [-0.25, -0.2) is 0 Å². The van der Waals surface area contributed by atoms with E-state index >= 15 is 0 Å². The predicted octanol–water partition coefficient (Wildman–Crippen LogP) is 3.49. The molecule has 4 N–H and O–H groups in total. The van der Waals surface area contributed by atoms with Crippen molar-refractivity contribution in [2.24, 2.45) is 0 Å². The molecule has 2 aliphatic rings. The van der Waals surface area contributed by atoms with Gasteiger partial charge in [0.15, 0.2) is 5.69 Å². The summed E-state index contributed by atoms with van der Waals surface area (Å²) in [6, 6.07) is 8.55. The lowest BCUT2D eigenvalue weighted by molar-refractivity contribution is -0.122. The Hall–Kier alpha value is -2.94. The molecule has 176 valence electrons. The monoisotopic (exact) mass is 469 g/mol. The molecule has 0 aliphatic heterocycles. The van der Waals surface area contributed by atoms with Gasteiger partial charge >= 0.3 is 0 Å². The van der Waals surface area contributed by atoms with Crippen LogP contribution in [0.3, 0.4) is 0 Å². The number of nitrogens with two attached hydrogens (primary N) is 1. The van der Waals surface area contributed by atoms with Gasteiger partial charge in [-0.3, -0.25) is 19.3 Å². The lowest BCUT2D eigenvalue weighted by Crippen LogP contribution is -2.50. The first-order chi connectivity index (χ1) is 16.0. The second-order valence-corrected chi connectivity index (χ2v) is 9.68. The zero-order valence-electron chi connectivity index (χ0n) is 18.9. The Kier molecular flexibility index (Phi) is 7.27. The van der Waals surface area contributed by atoms with Crippen LogP contribution < -0.4 is 21.3 Å². The first-order valence-electron chi connectivity index (χ1n) is 11.7. The highest BCUT2D eigenvalue weighted by Crippen LogP contribution is 2.28. The Balaban J connectivity index is 1.57. The molecule has 2 saturated carbocycles. The van der Waals surface area contributed by atoms with Crippen LogP contribution in [0.25, 0.3) is 0 Å². The second kappa shape index (κ2) is 10.3. The maximum Gasteiger partial charge on any atom is 0.273 e. The second-order valence-electron chi connectivity index (χ2n) is 8.91. The maximum absolute atomic E-state index is 13.6. The third-order valence-electron chi connectivity index (χ3n) is 6.55. The highest BCUT2D eigenvalue weighted by Gasteiger charge is 2.33. The number of hydrogen-bond acceptors (Lipinski definition) is 6. The molecule has 8 nitrogen and oxygen atoms in total. The Morgan fingerprint density at radius 3 is 2.18 bits per heavy atom. The Morgan fingerprint density at radius 1 is 1.00 bits per heavy atom. The topological polar surface area (TPSA) is 117 Å². The minimum Gasteiger partial charge on any atom is -0.395 e. The molecule has 9 heteroatoms. The summed E-state index contributed by atoms with van der Waals surface area (Å²) in [5.41, 5.74) is 6.96. The fourth-order valence-corrected chi connectivity index (χ4v) is 5.40. The van der Waals surface area contributed by atoms with Gasteiger partial charge in [0.2, 0.25) is 5.91 Å². The molecule has 1 unspecified atom stereocenters. The van der Waals surface area contributed by atoms with Crippen molar-refractivity contribution < 1.29 is 14.4 Å². The molecule has 0 saturated heterocycles. The van der Waals surface area contributed by atoms with Crippen LogP contribution in [0, 0.1) is 0 Å². The number of benzene rings is 1. The SMILES string of the molecule is CC(C(=O)NC1CCCC1)N(C(=O)c1snc(C(=O)NC2CCCC2)c1N)c1ccccc1. The standard InChI is InChI=1S/C24H31N5O3S/c1-15(22(30)26-16-9-5-6-10-16)29(18-13-3-2-4-14-18)24(32)21-19(25)20(28-33-21)23(31)27-17-11-7-8-12-17/h2-4,13-17H,5-12,25H2,1H3,(H,26,30)(H,27,31). The largest absolute Gasteiger partial charge is 0.395 e. The fourth-order valence-electron chi connectivity index (χ4n) is 4.66. The van der Waals surface area contributed by atoms with E-state index in [-0.39, 0.29) is 40.2 Å². The number of anilines is 2. The van der Waals surface area contributed by atoms with E-state index < -0.39 is 11.9 Å². The normalized spacial score (nSPS) is 17.6. The van der Waals surface area contributed by atoms with Gasteiger partial charge in [0.25, 0.3) is 11.8 Å². The molecular formula is C24H31N5O3S. The van der Waals surface area contributed by atoms with Crippen LogP contribution in [0.5, 0.6) is 0 Å². The summed E-state index contributed by atoms with van der Waals surface area (Å²) >= 11 is 0.897. The lowest BCUT2D eigenvalue weighted by Gasteiger charge is -2.29. The summed E-state index contributed by atoms with van der Waals surface area (Å²) in [7, 11) is 0. The number of amides is 3. The van der Waals surface area contributed by atoms with Crippen molar-refractivity contribution in [3.63, 3.8) is 0 Å². The quantitative estimate of drug-likeness (QED) is 0.574. The van der Waals surface area contributed by atoms with Crippen molar-refractivity contribution in [2.75, 3.05) is 10.6 Å². The summed E-state index contributed by atoms with van der Waals surface area (Å²) in [6.45, 7) is 1.71. The molecule has 1 atom stereocenters. The van der Waals surface area contributed by atoms with E-state index in [9.17, 15) is 14.4 Å². The van der Waals surface area contributed by atoms with Crippen LogP contribution in [-0.2, 0) is 4.79 Å². The Morgan fingerprint density at radius 2 is 1.58 bits per heavy atom. The molecule has 0 radical (unpaired) electrons. The van der Waals surface area contributed by atoms with Crippen molar-refractivity contribution in [3.8, 4) is 0 Å². The number of carbonyl (C=O) groups excluding carboxylic acids is 3. The summed E-state index contributed by atoms with van der Waals surface area (Å²) in [4.78, 5) is 41.0. The summed E-state index contributed by atoms with van der Waals surface area (Å²) in [5.74, 6) is -1.00. The van der Waals surface area contributed by atoms with Crippen molar-refractivity contribution in [2.45, 2.75) is 76.4 Å². The minimum absolute atomic E-state index is 0.0600. The van der Waals surface area contributed by atoms with Gasteiger partial charge in [-0.05, 0) is 56.3 Å². The molecule has 3 amide bonds. The van der Waals surface area contributed by atoms with Crippen molar-refractivity contribution in [1.82, 2.24) is 15.0 Å². The van der Waals surface area contributed by atoms with Crippen molar-refractivity contribution >= 4 is 40.6 Å². The average Bonchev–Trinajstić information content (AvgIpc) is 3.57. The van der Waals surface area contributed by atoms with E-state index in [0.29, 0.717) is 5.69 Å². The number of hydrogen-bond donors (Lipinski definition) is 3. The molecule has 0 spiro atoms. The lowest BCUT2D eigenvalue weighted by atomic mass is 10.1. The summed E-state index contributed by atoms with van der Waals surface area (Å²) in [5, 5.41) is 6.04. The van der Waals surface area contributed by atoms with E-state index in [2.05, 4.69) is 15.0 Å². The molecule has 33 heavy (non-hydrogen) atoms. The minimum atomic E-state index is -0.752. The van der Waals surface area contributed by atoms with Crippen LogP contribution >= 0.6 is 11.5 Å². The van der Waals surface area contributed by atoms with E-state index in [1.165, 1.54) is 4.90 Å². The van der Waals surface area contributed by atoms with Crippen LogP contribution in [0.15, 0.2) is 30.3 Å². The highest BCUT2D eigenvalue weighted by atomic mass is 32.1. The third-order valence-corrected chi connectivity index (χ3v) is 7.40. The van der Waals surface area contributed by atoms with E-state index in [0.717, 1.165) is 62.9 Å². The molecule has 1 aromatic carbocycles. The van der Waals surface area contributed by atoms with Crippen molar-refractivity contribution in [3.05, 3.63) is 40.9 Å². The first kappa shape index (κ1) is 23.2. The molecular weight excluding hydrogens is 438 g/mol. The molecule has 2 aliphatic carbocycles. The van der Waals surface area contributed by atoms with Gasteiger partial charge in [-0.1, -0.05) is 43.9 Å². The molecule has 4 rings (SSSR count). The van der Waals surface area contributed by atoms with Crippen LogP contribution in [0.2, 0.25) is 0 Å². The number of nitrogens with one attached hydrogen (secondary N) is 2. The molecule has 2 fully saturated rings. The van der Waals surface area contributed by atoms with E-state index in [1.54, 1.807) is 19.1 Å². The van der Waals surface area contributed by atoms with Gasteiger partial charge in [-0.15, -0.1) is 0 Å². The third kappa shape index (κ3) is 5.19. The van der Waals surface area contributed by atoms with Gasteiger partial charge in [-0.2, -0.15) is 4.37 Å². The van der Waals surface area contributed by atoms with Gasteiger partial charge in [0.1, 0.15) is 10.9 Å². The van der Waals surface area contributed by atoms with Crippen LogP contribution in [0.4, 0.5) is 11.4 Å². The van der Waals surface area contributed by atoms with E-state index in [1.807, 2.05) is 18.2 Å². The zero-order chi connectivity index (χ0) is 23.4. The molecule has 0 bridgehead atoms. The van der Waals surface area contributed by atoms with Crippen molar-refractivity contribution in [1.29, 1.82) is 0 Å². The zero-order valence-corrected chi connectivity index (χ0v) is 19.7. The number of carbonyl (C=O) groups is 3. The molecule has 1 aromatic heterocycles. The Labute approximate surface area is 198 Å². The number of rotatable bonds is 7.